The van der Waals surface area contributed by atoms with Crippen molar-refractivity contribution in [2.24, 2.45) is 5.92 Å². The molecule has 6 heteroatoms. The Morgan fingerprint density at radius 1 is 1.10 bits per heavy atom. The minimum atomic E-state index is -0.0851. The van der Waals surface area contributed by atoms with E-state index in [0.29, 0.717) is 19.5 Å². The molecular weight excluding hydrogens is 364 g/mol. The van der Waals surface area contributed by atoms with Crippen LogP contribution in [-0.2, 0) is 22.7 Å². The van der Waals surface area contributed by atoms with Gasteiger partial charge >= 0.3 is 0 Å². The van der Waals surface area contributed by atoms with Gasteiger partial charge in [-0.3, -0.25) is 14.5 Å². The van der Waals surface area contributed by atoms with Gasteiger partial charge < -0.3 is 15.1 Å². The Hall–Kier alpha value is -1.92. The topological polar surface area (TPSA) is 55.9 Å². The van der Waals surface area contributed by atoms with Gasteiger partial charge in [0.25, 0.3) is 0 Å². The summed E-state index contributed by atoms with van der Waals surface area (Å²) < 4.78 is 0. The van der Waals surface area contributed by atoms with Gasteiger partial charge in [0.1, 0.15) is 0 Å². The number of amides is 2. The number of nitrogens with one attached hydrogen (secondary N) is 1. The first kappa shape index (κ1) is 21.8. The molecule has 2 amide bonds. The molecule has 2 aliphatic rings. The fourth-order valence-electron chi connectivity index (χ4n) is 4.23. The number of hydrogen-bond acceptors (Lipinski definition) is 4. The van der Waals surface area contributed by atoms with E-state index in [1.807, 2.05) is 11.8 Å². The van der Waals surface area contributed by atoms with Gasteiger partial charge in [-0.1, -0.05) is 31.2 Å². The molecule has 0 aromatic heterocycles. The average Bonchev–Trinajstić information content (AvgIpc) is 2.74. The highest BCUT2D eigenvalue weighted by atomic mass is 16.2. The zero-order valence-corrected chi connectivity index (χ0v) is 18.0. The molecule has 3 rings (SSSR count). The Morgan fingerprint density at radius 2 is 1.86 bits per heavy atom. The Bertz CT molecular complexity index is 685. The maximum Gasteiger partial charge on any atom is 0.225 e. The molecule has 0 bridgehead atoms. The maximum atomic E-state index is 12.7. The summed E-state index contributed by atoms with van der Waals surface area (Å²) >= 11 is 0. The van der Waals surface area contributed by atoms with E-state index >= 15 is 0 Å². The number of hydrogen-bond donors (Lipinski definition) is 1. The van der Waals surface area contributed by atoms with Crippen LogP contribution in [0.2, 0.25) is 0 Å². The van der Waals surface area contributed by atoms with Crippen LogP contribution in [0.5, 0.6) is 0 Å². The second-order valence-corrected chi connectivity index (χ2v) is 8.55. The predicted molar refractivity (Wildman–Crippen MR) is 115 cm³/mol. The molecule has 160 valence electrons. The summed E-state index contributed by atoms with van der Waals surface area (Å²) in [5.74, 6) is 0.170. The van der Waals surface area contributed by atoms with Crippen molar-refractivity contribution < 1.29 is 9.59 Å². The molecule has 2 fully saturated rings. The molecule has 1 aromatic carbocycles. The molecule has 1 aromatic rings. The van der Waals surface area contributed by atoms with Gasteiger partial charge in [-0.15, -0.1) is 0 Å². The fourth-order valence-corrected chi connectivity index (χ4v) is 4.23. The Balaban J connectivity index is 1.48. The van der Waals surface area contributed by atoms with Gasteiger partial charge in [0.2, 0.25) is 11.8 Å². The number of likely N-dealkylation sites (N-methyl/N-ethyl adjacent to an activating group) is 1. The van der Waals surface area contributed by atoms with Crippen molar-refractivity contribution in [2.45, 2.75) is 45.7 Å². The minimum Gasteiger partial charge on any atom is -0.352 e. The van der Waals surface area contributed by atoms with Crippen molar-refractivity contribution in [1.82, 2.24) is 20.0 Å². The third kappa shape index (κ3) is 6.54. The molecule has 1 atom stereocenters. The standard InChI is InChI=1S/C23H36N4O2/c1-3-6-22(28)27-10-5-9-21(18-27)23(29)24-16-19-7-4-8-20(15-19)17-26-13-11-25(2)12-14-26/h4,7-8,15,21H,3,5-6,9-14,16-18H2,1-2H3,(H,24,29). The van der Waals surface area contributed by atoms with Crippen LogP contribution in [0.4, 0.5) is 0 Å². The van der Waals surface area contributed by atoms with Crippen LogP contribution in [0.25, 0.3) is 0 Å². The van der Waals surface area contributed by atoms with Crippen LogP contribution < -0.4 is 5.32 Å². The average molecular weight is 401 g/mol. The van der Waals surface area contributed by atoms with E-state index in [1.165, 1.54) is 5.56 Å². The Labute approximate surface area is 175 Å². The van der Waals surface area contributed by atoms with Gasteiger partial charge in [-0.25, -0.2) is 0 Å². The molecular formula is C23H36N4O2. The summed E-state index contributed by atoms with van der Waals surface area (Å²) in [5.41, 5.74) is 2.44. The van der Waals surface area contributed by atoms with Crippen molar-refractivity contribution in [3.63, 3.8) is 0 Å². The second-order valence-electron chi connectivity index (χ2n) is 8.55. The van der Waals surface area contributed by atoms with E-state index in [-0.39, 0.29) is 17.7 Å². The van der Waals surface area contributed by atoms with Crippen LogP contribution in [0.3, 0.4) is 0 Å². The zero-order valence-electron chi connectivity index (χ0n) is 18.0. The summed E-state index contributed by atoms with van der Waals surface area (Å²) in [5, 5.41) is 3.10. The number of carbonyl (C=O) groups excluding carboxylic acids is 2. The summed E-state index contributed by atoms with van der Waals surface area (Å²) in [6.07, 6.45) is 3.21. The first-order chi connectivity index (χ1) is 14.0. The van der Waals surface area contributed by atoms with Crippen LogP contribution in [0.1, 0.15) is 43.7 Å². The van der Waals surface area contributed by atoms with Gasteiger partial charge in [0, 0.05) is 58.8 Å². The van der Waals surface area contributed by atoms with Crippen molar-refractivity contribution in [3.8, 4) is 0 Å². The number of benzene rings is 1. The summed E-state index contributed by atoms with van der Waals surface area (Å²) in [6.45, 7) is 9.33. The van der Waals surface area contributed by atoms with E-state index in [0.717, 1.165) is 64.1 Å². The highest BCUT2D eigenvalue weighted by Crippen LogP contribution is 2.18. The first-order valence-corrected chi connectivity index (χ1v) is 11.1. The number of piperidine rings is 1. The number of likely N-dealkylation sites (tertiary alicyclic amines) is 1. The van der Waals surface area contributed by atoms with E-state index < -0.39 is 0 Å². The lowest BCUT2D eigenvalue weighted by Gasteiger charge is -2.32. The lowest BCUT2D eigenvalue weighted by molar-refractivity contribution is -0.135. The first-order valence-electron chi connectivity index (χ1n) is 11.1. The molecule has 1 unspecified atom stereocenters. The van der Waals surface area contributed by atoms with Crippen molar-refractivity contribution in [3.05, 3.63) is 35.4 Å². The lowest BCUT2D eigenvalue weighted by Crippen LogP contribution is -2.45. The van der Waals surface area contributed by atoms with Crippen molar-refractivity contribution >= 4 is 11.8 Å². The summed E-state index contributed by atoms with van der Waals surface area (Å²) in [7, 11) is 2.17. The van der Waals surface area contributed by atoms with E-state index in [2.05, 4.69) is 46.4 Å². The van der Waals surface area contributed by atoms with Crippen LogP contribution >= 0.6 is 0 Å². The quantitative estimate of drug-likeness (QED) is 0.762. The van der Waals surface area contributed by atoms with E-state index in [1.54, 1.807) is 0 Å². The Kier molecular flexibility index (Phi) is 8.07. The highest BCUT2D eigenvalue weighted by Gasteiger charge is 2.27. The maximum absolute atomic E-state index is 12.7. The van der Waals surface area contributed by atoms with Crippen LogP contribution in [-0.4, -0.2) is 72.8 Å². The van der Waals surface area contributed by atoms with E-state index in [9.17, 15) is 9.59 Å². The Morgan fingerprint density at radius 3 is 2.62 bits per heavy atom. The van der Waals surface area contributed by atoms with Gasteiger partial charge in [-0.05, 0) is 37.4 Å². The number of rotatable bonds is 7. The molecule has 6 nitrogen and oxygen atoms in total. The van der Waals surface area contributed by atoms with Crippen LogP contribution in [0.15, 0.2) is 24.3 Å². The molecule has 0 spiro atoms. The molecule has 29 heavy (non-hydrogen) atoms. The molecule has 2 saturated heterocycles. The number of piperazine rings is 1. The SMILES string of the molecule is CCCC(=O)N1CCCC(C(=O)NCc2cccc(CN3CCN(C)CC3)c2)C1. The van der Waals surface area contributed by atoms with Gasteiger partial charge in [-0.2, -0.15) is 0 Å². The van der Waals surface area contributed by atoms with Crippen molar-refractivity contribution in [2.75, 3.05) is 46.3 Å². The molecule has 0 aliphatic carbocycles. The molecule has 1 N–H and O–H groups in total. The number of carbonyl (C=O) groups is 2. The molecule has 2 heterocycles. The van der Waals surface area contributed by atoms with Crippen molar-refractivity contribution in [1.29, 1.82) is 0 Å². The van der Waals surface area contributed by atoms with Gasteiger partial charge in [0.05, 0.1) is 5.92 Å². The predicted octanol–water partition coefficient (Wildman–Crippen LogP) is 2.09. The van der Waals surface area contributed by atoms with Crippen LogP contribution in [0, 0.1) is 5.92 Å². The number of nitrogens with zero attached hydrogens (tertiary/aromatic N) is 3. The highest BCUT2D eigenvalue weighted by molar-refractivity contribution is 5.81. The monoisotopic (exact) mass is 400 g/mol. The third-order valence-electron chi connectivity index (χ3n) is 6.07. The normalized spacial score (nSPS) is 21.2. The summed E-state index contributed by atoms with van der Waals surface area (Å²) in [4.78, 5) is 31.5. The fraction of sp³-hybridized carbons (Fsp3) is 0.652. The smallest absolute Gasteiger partial charge is 0.225 e. The minimum absolute atomic E-state index is 0.0727. The van der Waals surface area contributed by atoms with E-state index in [4.69, 9.17) is 0 Å². The largest absolute Gasteiger partial charge is 0.352 e. The lowest BCUT2D eigenvalue weighted by atomic mass is 9.96. The molecule has 2 aliphatic heterocycles. The summed E-state index contributed by atoms with van der Waals surface area (Å²) in [6, 6.07) is 8.53. The third-order valence-corrected chi connectivity index (χ3v) is 6.07. The molecule has 0 saturated carbocycles. The second kappa shape index (κ2) is 10.7. The zero-order chi connectivity index (χ0) is 20.6. The molecule has 0 radical (unpaired) electrons. The van der Waals surface area contributed by atoms with Gasteiger partial charge in [0.15, 0.2) is 0 Å².